The predicted octanol–water partition coefficient (Wildman–Crippen LogP) is 3.68. The number of nitrogens with zero attached hydrogens (tertiary/aromatic N) is 3. The van der Waals surface area contributed by atoms with E-state index in [1.807, 2.05) is 40.6 Å². The number of urea groups is 1. The molecule has 2 amide bonds. The zero-order valence-corrected chi connectivity index (χ0v) is 16.2. The molecule has 27 heavy (non-hydrogen) atoms. The Morgan fingerprint density at radius 1 is 1.07 bits per heavy atom. The van der Waals surface area contributed by atoms with Gasteiger partial charge in [-0.25, -0.2) is 9.78 Å². The second kappa shape index (κ2) is 8.71. The molecule has 6 nitrogen and oxygen atoms in total. The zero-order chi connectivity index (χ0) is 18.5. The molecule has 0 aliphatic carbocycles. The Morgan fingerprint density at radius 3 is 2.48 bits per heavy atom. The van der Waals surface area contributed by atoms with Crippen LogP contribution < -0.4 is 10.1 Å². The van der Waals surface area contributed by atoms with E-state index in [1.165, 1.54) is 0 Å². The molecule has 0 radical (unpaired) electrons. The number of hydrogen-bond acceptors (Lipinski definition) is 5. The molecule has 7 heteroatoms. The Bertz CT molecular complexity index is 709. The van der Waals surface area contributed by atoms with E-state index < -0.39 is 0 Å². The Morgan fingerprint density at radius 2 is 1.81 bits per heavy atom. The van der Waals surface area contributed by atoms with Crippen LogP contribution in [0.15, 0.2) is 41.9 Å². The van der Waals surface area contributed by atoms with Gasteiger partial charge in [0.1, 0.15) is 6.10 Å². The van der Waals surface area contributed by atoms with E-state index in [0.29, 0.717) is 6.04 Å². The lowest BCUT2D eigenvalue weighted by Crippen LogP contribution is -2.50. The summed E-state index contributed by atoms with van der Waals surface area (Å²) in [6.45, 7) is 3.77. The second-order valence-corrected chi connectivity index (χ2v) is 8.02. The van der Waals surface area contributed by atoms with Gasteiger partial charge in [0.15, 0.2) is 0 Å². The largest absolute Gasteiger partial charge is 0.467 e. The molecule has 2 aromatic rings. The molecule has 1 aromatic carbocycles. The first-order valence-corrected chi connectivity index (χ1v) is 10.6. The maximum atomic E-state index is 12.4. The number of ether oxygens (including phenoxy) is 1. The fraction of sp³-hybridized carbons (Fsp3) is 0.500. The summed E-state index contributed by atoms with van der Waals surface area (Å²) in [5.41, 5.74) is 0.854. The minimum absolute atomic E-state index is 0.00945. The highest BCUT2D eigenvalue weighted by atomic mass is 32.1. The standard InChI is InChI=1S/C20H26N4O2S/c25-19(22-16-4-2-1-3-5-16)24-11-6-17(7-12-24)23-13-8-18(9-14-23)26-20-21-10-15-27-20/h1-5,10,15,17-18H,6-9,11-14H2,(H,22,25). The monoisotopic (exact) mass is 386 g/mol. The topological polar surface area (TPSA) is 57.7 Å². The molecule has 0 unspecified atom stereocenters. The number of benzene rings is 1. The molecule has 2 fully saturated rings. The van der Waals surface area contributed by atoms with Crippen molar-refractivity contribution in [2.24, 2.45) is 0 Å². The van der Waals surface area contributed by atoms with Gasteiger partial charge in [0.05, 0.1) is 0 Å². The van der Waals surface area contributed by atoms with Crippen LogP contribution in [0.5, 0.6) is 5.19 Å². The van der Waals surface area contributed by atoms with E-state index in [4.69, 9.17) is 4.74 Å². The van der Waals surface area contributed by atoms with Gasteiger partial charge in [-0.3, -0.25) is 4.90 Å². The summed E-state index contributed by atoms with van der Waals surface area (Å²) in [5.74, 6) is 0. The number of anilines is 1. The number of carbonyl (C=O) groups excluding carboxylic acids is 1. The van der Waals surface area contributed by atoms with E-state index in [0.717, 1.165) is 62.7 Å². The molecule has 0 atom stereocenters. The fourth-order valence-corrected chi connectivity index (χ4v) is 4.48. The van der Waals surface area contributed by atoms with Crippen LogP contribution in [0.25, 0.3) is 0 Å². The number of aromatic nitrogens is 1. The van der Waals surface area contributed by atoms with Gasteiger partial charge in [0.25, 0.3) is 5.19 Å². The highest BCUT2D eigenvalue weighted by Gasteiger charge is 2.30. The Hall–Kier alpha value is -2.12. The van der Waals surface area contributed by atoms with Crippen molar-refractivity contribution < 1.29 is 9.53 Å². The molecule has 3 heterocycles. The summed E-state index contributed by atoms with van der Waals surface area (Å²) in [4.78, 5) is 21.1. The van der Waals surface area contributed by atoms with Crippen molar-refractivity contribution in [2.45, 2.75) is 37.8 Å². The van der Waals surface area contributed by atoms with Gasteiger partial charge >= 0.3 is 6.03 Å². The van der Waals surface area contributed by atoms with Crippen LogP contribution in [0.3, 0.4) is 0 Å². The van der Waals surface area contributed by atoms with Crippen LogP contribution in [-0.2, 0) is 0 Å². The number of thiazole rings is 1. The number of hydrogen-bond donors (Lipinski definition) is 1. The van der Waals surface area contributed by atoms with Crippen molar-refractivity contribution in [1.29, 1.82) is 0 Å². The lowest BCUT2D eigenvalue weighted by atomic mass is 9.99. The number of para-hydroxylation sites is 1. The van der Waals surface area contributed by atoms with Crippen molar-refractivity contribution in [3.05, 3.63) is 41.9 Å². The van der Waals surface area contributed by atoms with Crippen LogP contribution in [0.4, 0.5) is 10.5 Å². The summed E-state index contributed by atoms with van der Waals surface area (Å²) < 4.78 is 5.96. The Labute approximate surface area is 164 Å². The number of piperidine rings is 2. The van der Waals surface area contributed by atoms with Gasteiger partial charge in [-0.05, 0) is 37.8 Å². The number of carbonyl (C=O) groups is 1. The van der Waals surface area contributed by atoms with Crippen LogP contribution in [0.2, 0.25) is 0 Å². The van der Waals surface area contributed by atoms with E-state index >= 15 is 0 Å². The maximum absolute atomic E-state index is 12.4. The number of rotatable bonds is 4. The van der Waals surface area contributed by atoms with Gasteiger partial charge in [-0.1, -0.05) is 29.5 Å². The average molecular weight is 387 g/mol. The molecule has 2 aliphatic heterocycles. The molecule has 1 aromatic heterocycles. The molecule has 2 saturated heterocycles. The van der Waals surface area contributed by atoms with Crippen molar-refractivity contribution in [3.8, 4) is 5.19 Å². The normalized spacial score (nSPS) is 19.8. The summed E-state index contributed by atoms with van der Waals surface area (Å²) in [7, 11) is 0. The van der Waals surface area contributed by atoms with Crippen LogP contribution in [-0.4, -0.2) is 59.1 Å². The molecular formula is C20H26N4O2S. The van der Waals surface area contributed by atoms with Crippen molar-refractivity contribution in [1.82, 2.24) is 14.8 Å². The third-order valence-corrected chi connectivity index (χ3v) is 6.11. The van der Waals surface area contributed by atoms with E-state index in [2.05, 4.69) is 15.2 Å². The van der Waals surface area contributed by atoms with E-state index in [1.54, 1.807) is 17.5 Å². The highest BCUT2D eigenvalue weighted by molar-refractivity contribution is 7.11. The van der Waals surface area contributed by atoms with Gasteiger partial charge in [-0.2, -0.15) is 0 Å². The van der Waals surface area contributed by atoms with Crippen molar-refractivity contribution >= 4 is 23.1 Å². The first-order chi connectivity index (χ1) is 13.3. The molecule has 0 bridgehead atoms. The zero-order valence-electron chi connectivity index (χ0n) is 15.4. The van der Waals surface area contributed by atoms with Gasteiger partial charge in [0, 0.05) is 49.5 Å². The second-order valence-electron chi connectivity index (χ2n) is 7.17. The van der Waals surface area contributed by atoms with E-state index in [9.17, 15) is 4.79 Å². The molecule has 2 aliphatic rings. The lowest BCUT2D eigenvalue weighted by molar-refractivity contribution is 0.0544. The average Bonchev–Trinajstić information content (AvgIpc) is 3.22. The third kappa shape index (κ3) is 4.78. The number of likely N-dealkylation sites (tertiary alicyclic amines) is 2. The van der Waals surface area contributed by atoms with Crippen LogP contribution in [0, 0.1) is 0 Å². The van der Waals surface area contributed by atoms with E-state index in [-0.39, 0.29) is 12.1 Å². The molecule has 144 valence electrons. The Kier molecular flexibility index (Phi) is 5.89. The quantitative estimate of drug-likeness (QED) is 0.871. The molecule has 4 rings (SSSR count). The van der Waals surface area contributed by atoms with Crippen molar-refractivity contribution in [2.75, 3.05) is 31.5 Å². The van der Waals surface area contributed by atoms with Gasteiger partial charge < -0.3 is 15.0 Å². The first-order valence-electron chi connectivity index (χ1n) is 9.69. The van der Waals surface area contributed by atoms with Crippen LogP contribution in [0.1, 0.15) is 25.7 Å². The molecule has 0 spiro atoms. The van der Waals surface area contributed by atoms with Gasteiger partial charge in [0.2, 0.25) is 0 Å². The lowest BCUT2D eigenvalue weighted by Gasteiger charge is -2.41. The first kappa shape index (κ1) is 18.3. The smallest absolute Gasteiger partial charge is 0.321 e. The number of nitrogens with one attached hydrogen (secondary N) is 1. The summed E-state index contributed by atoms with van der Waals surface area (Å²) in [5, 5.41) is 5.72. The maximum Gasteiger partial charge on any atom is 0.321 e. The molecule has 1 N–H and O–H groups in total. The Balaban J connectivity index is 1.20. The van der Waals surface area contributed by atoms with Gasteiger partial charge in [-0.15, -0.1) is 0 Å². The highest BCUT2D eigenvalue weighted by Crippen LogP contribution is 2.25. The minimum atomic E-state index is 0.00945. The number of amides is 2. The predicted molar refractivity (Wildman–Crippen MR) is 107 cm³/mol. The molecule has 0 saturated carbocycles. The van der Waals surface area contributed by atoms with Crippen molar-refractivity contribution in [3.63, 3.8) is 0 Å². The van der Waals surface area contributed by atoms with Crippen LogP contribution >= 0.6 is 11.3 Å². The summed E-state index contributed by atoms with van der Waals surface area (Å²) in [6.07, 6.45) is 6.25. The fourth-order valence-electron chi connectivity index (χ4n) is 3.93. The SMILES string of the molecule is O=C(Nc1ccccc1)N1CCC(N2CCC(Oc3nccs3)CC2)CC1. The third-order valence-electron chi connectivity index (χ3n) is 5.45. The molecular weight excluding hydrogens is 360 g/mol. The summed E-state index contributed by atoms with van der Waals surface area (Å²) >= 11 is 1.56. The summed E-state index contributed by atoms with van der Waals surface area (Å²) in [6, 6.07) is 10.2. The minimum Gasteiger partial charge on any atom is -0.467 e.